The summed E-state index contributed by atoms with van der Waals surface area (Å²) in [5.74, 6) is 1.20. The summed E-state index contributed by atoms with van der Waals surface area (Å²) < 4.78 is 0. The van der Waals surface area contributed by atoms with E-state index in [1.165, 1.54) is 37.9 Å². The highest BCUT2D eigenvalue weighted by molar-refractivity contribution is 9.09. The Morgan fingerprint density at radius 2 is 2.06 bits per heavy atom. The van der Waals surface area contributed by atoms with Crippen LogP contribution in [0.5, 0.6) is 0 Å². The number of hydrogen-bond acceptors (Lipinski definition) is 2. The van der Waals surface area contributed by atoms with Crippen LogP contribution in [-0.4, -0.2) is 16.1 Å². The van der Waals surface area contributed by atoms with Gasteiger partial charge in [-0.05, 0) is 30.4 Å². The number of halogens is 1. The number of nitrogens with zero attached hydrogens (tertiary/aromatic N) is 1. The van der Waals surface area contributed by atoms with Crippen molar-refractivity contribution < 1.29 is 0 Å². The first kappa shape index (κ1) is 12.4. The maximum absolute atomic E-state index is 4.38. The summed E-state index contributed by atoms with van der Waals surface area (Å²) in [6.45, 7) is 0. The normalized spacial score (nSPS) is 19.6. The molecule has 1 nitrogen and oxygen atoms in total. The lowest BCUT2D eigenvalue weighted by Gasteiger charge is -2.35. The number of pyridine rings is 1. The van der Waals surface area contributed by atoms with E-state index in [4.69, 9.17) is 0 Å². The first-order valence-corrected chi connectivity index (χ1v) is 8.05. The predicted octanol–water partition coefficient (Wildman–Crippen LogP) is 4.52. The van der Waals surface area contributed by atoms with Gasteiger partial charge in [0, 0.05) is 17.3 Å². The van der Waals surface area contributed by atoms with Crippen LogP contribution in [0.4, 0.5) is 0 Å². The standard InChI is InChI=1S/C13H18BrNS/c14-10-13(7-3-1-4-8-13)11-16-12-6-2-5-9-15-12/h2,5-6,9H,1,3-4,7-8,10-11H2. The Balaban J connectivity index is 1.92. The summed E-state index contributed by atoms with van der Waals surface area (Å²) in [7, 11) is 0. The molecule has 16 heavy (non-hydrogen) atoms. The zero-order valence-electron chi connectivity index (χ0n) is 9.49. The fourth-order valence-corrected chi connectivity index (χ4v) is 4.45. The van der Waals surface area contributed by atoms with Crippen LogP contribution in [0.3, 0.4) is 0 Å². The van der Waals surface area contributed by atoms with Gasteiger partial charge in [0.1, 0.15) is 0 Å². The Kier molecular flexibility index (Phi) is 4.71. The van der Waals surface area contributed by atoms with Gasteiger partial charge in [0.15, 0.2) is 0 Å². The summed E-state index contributed by atoms with van der Waals surface area (Å²) in [6.07, 6.45) is 8.84. The van der Waals surface area contributed by atoms with Gasteiger partial charge in [0.25, 0.3) is 0 Å². The topological polar surface area (TPSA) is 12.9 Å². The van der Waals surface area contributed by atoms with Gasteiger partial charge in [-0.3, -0.25) is 0 Å². The van der Waals surface area contributed by atoms with Gasteiger partial charge in [0.2, 0.25) is 0 Å². The molecule has 0 N–H and O–H groups in total. The second-order valence-electron chi connectivity index (χ2n) is 4.65. The molecule has 1 heterocycles. The fraction of sp³-hybridized carbons (Fsp3) is 0.615. The predicted molar refractivity (Wildman–Crippen MR) is 74.3 cm³/mol. The van der Waals surface area contributed by atoms with Crippen molar-refractivity contribution in [3.8, 4) is 0 Å². The molecule has 1 aliphatic rings. The zero-order chi connectivity index (χ0) is 11.3. The number of rotatable bonds is 4. The van der Waals surface area contributed by atoms with E-state index in [-0.39, 0.29) is 0 Å². The molecule has 88 valence electrons. The van der Waals surface area contributed by atoms with Gasteiger partial charge in [-0.1, -0.05) is 41.3 Å². The average Bonchev–Trinajstić information content (AvgIpc) is 2.39. The van der Waals surface area contributed by atoms with Crippen LogP contribution in [-0.2, 0) is 0 Å². The van der Waals surface area contributed by atoms with E-state index in [0.717, 1.165) is 10.4 Å². The van der Waals surface area contributed by atoms with Crippen LogP contribution in [0.25, 0.3) is 0 Å². The molecule has 1 aliphatic carbocycles. The molecular weight excluding hydrogens is 282 g/mol. The minimum absolute atomic E-state index is 0.514. The molecule has 0 unspecified atom stereocenters. The highest BCUT2D eigenvalue weighted by atomic mass is 79.9. The highest BCUT2D eigenvalue weighted by Gasteiger charge is 2.30. The van der Waals surface area contributed by atoms with E-state index in [9.17, 15) is 0 Å². The average molecular weight is 300 g/mol. The van der Waals surface area contributed by atoms with Crippen LogP contribution in [0.1, 0.15) is 32.1 Å². The van der Waals surface area contributed by atoms with Gasteiger partial charge >= 0.3 is 0 Å². The van der Waals surface area contributed by atoms with Crippen molar-refractivity contribution >= 4 is 27.7 Å². The molecule has 3 heteroatoms. The van der Waals surface area contributed by atoms with E-state index < -0.39 is 0 Å². The lowest BCUT2D eigenvalue weighted by Crippen LogP contribution is -2.28. The molecule has 0 aromatic carbocycles. The van der Waals surface area contributed by atoms with Crippen LogP contribution in [0.15, 0.2) is 29.4 Å². The summed E-state index contributed by atoms with van der Waals surface area (Å²) in [5, 5.41) is 2.30. The minimum Gasteiger partial charge on any atom is -0.250 e. The number of alkyl halides is 1. The van der Waals surface area contributed by atoms with Crippen molar-refractivity contribution in [2.24, 2.45) is 5.41 Å². The van der Waals surface area contributed by atoms with Crippen LogP contribution >= 0.6 is 27.7 Å². The zero-order valence-corrected chi connectivity index (χ0v) is 11.9. The number of hydrogen-bond donors (Lipinski definition) is 0. The maximum Gasteiger partial charge on any atom is 0.0959 e. The third-order valence-electron chi connectivity index (χ3n) is 3.36. The molecule has 2 rings (SSSR count). The summed E-state index contributed by atoms with van der Waals surface area (Å²) in [6, 6.07) is 6.15. The van der Waals surface area contributed by atoms with Crippen molar-refractivity contribution in [3.05, 3.63) is 24.4 Å². The molecule has 0 saturated heterocycles. The second kappa shape index (κ2) is 6.06. The number of thioether (sulfide) groups is 1. The second-order valence-corrected chi connectivity index (χ2v) is 6.21. The Morgan fingerprint density at radius 1 is 1.25 bits per heavy atom. The monoisotopic (exact) mass is 299 g/mol. The van der Waals surface area contributed by atoms with E-state index in [1.54, 1.807) is 0 Å². The van der Waals surface area contributed by atoms with E-state index in [2.05, 4.69) is 33.0 Å². The van der Waals surface area contributed by atoms with Gasteiger partial charge < -0.3 is 0 Å². The SMILES string of the molecule is BrCC1(CSc2ccccn2)CCCCC1. The molecule has 0 bridgehead atoms. The fourth-order valence-electron chi connectivity index (χ4n) is 2.28. The minimum atomic E-state index is 0.514. The van der Waals surface area contributed by atoms with Gasteiger partial charge in [-0.15, -0.1) is 11.8 Å². The Morgan fingerprint density at radius 3 is 2.69 bits per heavy atom. The first-order valence-electron chi connectivity index (χ1n) is 5.94. The van der Waals surface area contributed by atoms with Gasteiger partial charge in [-0.25, -0.2) is 4.98 Å². The first-order chi connectivity index (χ1) is 7.85. The van der Waals surface area contributed by atoms with Crippen LogP contribution < -0.4 is 0 Å². The summed E-state index contributed by atoms with van der Waals surface area (Å²) in [5.41, 5.74) is 0.514. The summed E-state index contributed by atoms with van der Waals surface area (Å²) in [4.78, 5) is 4.38. The molecule has 0 spiro atoms. The third kappa shape index (κ3) is 3.24. The molecule has 1 aromatic heterocycles. The van der Waals surface area contributed by atoms with Gasteiger partial charge in [-0.2, -0.15) is 0 Å². The molecule has 0 aliphatic heterocycles. The molecule has 0 radical (unpaired) electrons. The quantitative estimate of drug-likeness (QED) is 0.599. The summed E-state index contributed by atoms with van der Waals surface area (Å²) >= 11 is 5.62. The van der Waals surface area contributed by atoms with Crippen molar-refractivity contribution in [2.75, 3.05) is 11.1 Å². The lowest BCUT2D eigenvalue weighted by molar-refractivity contribution is 0.260. The van der Waals surface area contributed by atoms with E-state index in [1.807, 2.05) is 24.0 Å². The Hall–Kier alpha value is -0.0200. The van der Waals surface area contributed by atoms with E-state index in [0.29, 0.717) is 5.41 Å². The van der Waals surface area contributed by atoms with Crippen molar-refractivity contribution in [1.82, 2.24) is 4.98 Å². The molecule has 0 amide bonds. The van der Waals surface area contributed by atoms with Crippen LogP contribution in [0, 0.1) is 5.41 Å². The molecular formula is C13H18BrNS. The Labute approximate surface area is 111 Å². The maximum atomic E-state index is 4.38. The van der Waals surface area contributed by atoms with Crippen molar-refractivity contribution in [3.63, 3.8) is 0 Å². The van der Waals surface area contributed by atoms with Crippen molar-refractivity contribution in [2.45, 2.75) is 37.1 Å². The lowest BCUT2D eigenvalue weighted by atomic mass is 9.77. The van der Waals surface area contributed by atoms with Gasteiger partial charge in [0.05, 0.1) is 5.03 Å². The molecule has 1 aromatic rings. The smallest absolute Gasteiger partial charge is 0.0959 e. The largest absolute Gasteiger partial charge is 0.250 e. The highest BCUT2D eigenvalue weighted by Crippen LogP contribution is 2.41. The van der Waals surface area contributed by atoms with Crippen LogP contribution in [0.2, 0.25) is 0 Å². The molecule has 0 atom stereocenters. The molecule has 1 fully saturated rings. The Bertz CT molecular complexity index is 309. The van der Waals surface area contributed by atoms with E-state index >= 15 is 0 Å². The third-order valence-corrected chi connectivity index (χ3v) is 5.85. The number of aromatic nitrogens is 1. The van der Waals surface area contributed by atoms with Crippen molar-refractivity contribution in [1.29, 1.82) is 0 Å². The molecule has 1 saturated carbocycles.